The van der Waals surface area contributed by atoms with Crippen LogP contribution in [0.5, 0.6) is 0 Å². The second kappa shape index (κ2) is 6.84. The number of aryl methyl sites for hydroxylation is 2. The molecule has 8 nitrogen and oxygen atoms in total. The highest BCUT2D eigenvalue weighted by Crippen LogP contribution is 2.13. The molecule has 0 bridgehead atoms. The number of para-hydroxylation sites is 1. The van der Waals surface area contributed by atoms with Crippen LogP contribution in [0, 0.1) is 0 Å². The average Bonchev–Trinajstić information content (AvgIpc) is 2.96. The number of nitrogens with zero attached hydrogens (tertiary/aromatic N) is 5. The summed E-state index contributed by atoms with van der Waals surface area (Å²) in [5, 5.41) is 11.7. The lowest BCUT2D eigenvalue weighted by molar-refractivity contribution is -0.116. The fourth-order valence-electron chi connectivity index (χ4n) is 2.49. The first-order valence-corrected chi connectivity index (χ1v) is 8.11. The molecule has 0 saturated carbocycles. The summed E-state index contributed by atoms with van der Waals surface area (Å²) in [6.45, 7) is 4.35. The molecule has 130 valence electrons. The fraction of sp³-hybridized carbons (Fsp3) is 0.353. The number of hydrogen-bond acceptors (Lipinski definition) is 5. The van der Waals surface area contributed by atoms with E-state index in [-0.39, 0.29) is 23.7 Å². The molecular formula is C17H20N6O2. The Labute approximate surface area is 144 Å². The maximum Gasteiger partial charge on any atom is 0.228 e. The number of benzene rings is 1. The van der Waals surface area contributed by atoms with Crippen molar-refractivity contribution in [1.29, 1.82) is 0 Å². The van der Waals surface area contributed by atoms with Crippen LogP contribution in [0.1, 0.15) is 32.0 Å². The minimum absolute atomic E-state index is 0.128. The van der Waals surface area contributed by atoms with E-state index in [2.05, 4.69) is 20.5 Å². The van der Waals surface area contributed by atoms with Gasteiger partial charge in [0, 0.05) is 24.8 Å². The van der Waals surface area contributed by atoms with E-state index in [1.54, 1.807) is 28.5 Å². The molecule has 1 amide bonds. The van der Waals surface area contributed by atoms with Gasteiger partial charge >= 0.3 is 0 Å². The molecule has 8 heteroatoms. The Hall–Kier alpha value is -3.03. The van der Waals surface area contributed by atoms with Crippen LogP contribution < -0.4 is 10.7 Å². The quantitative estimate of drug-likeness (QED) is 0.762. The normalized spacial score (nSPS) is 11.2. The van der Waals surface area contributed by atoms with E-state index in [0.29, 0.717) is 29.2 Å². The number of amides is 1. The van der Waals surface area contributed by atoms with E-state index in [1.807, 2.05) is 26.0 Å². The molecule has 3 aromatic rings. The number of hydrogen-bond donors (Lipinski definition) is 1. The molecule has 0 aliphatic carbocycles. The number of aromatic nitrogens is 5. The summed E-state index contributed by atoms with van der Waals surface area (Å²) in [5.41, 5.74) is 0.583. The second-order valence-corrected chi connectivity index (χ2v) is 6.12. The Balaban J connectivity index is 1.71. The highest BCUT2D eigenvalue weighted by atomic mass is 16.1. The van der Waals surface area contributed by atoms with Crippen molar-refractivity contribution in [3.8, 4) is 0 Å². The zero-order valence-electron chi connectivity index (χ0n) is 14.4. The molecule has 25 heavy (non-hydrogen) atoms. The number of anilines is 1. The monoisotopic (exact) mass is 340 g/mol. The predicted octanol–water partition coefficient (Wildman–Crippen LogP) is 1.68. The molecule has 0 aliphatic rings. The van der Waals surface area contributed by atoms with E-state index in [0.717, 1.165) is 0 Å². The molecular weight excluding hydrogens is 320 g/mol. The Bertz CT molecular complexity index is 973. The van der Waals surface area contributed by atoms with Crippen molar-refractivity contribution in [3.05, 3.63) is 46.5 Å². The summed E-state index contributed by atoms with van der Waals surface area (Å²) in [7, 11) is 1.74. The van der Waals surface area contributed by atoms with Crippen molar-refractivity contribution < 1.29 is 4.79 Å². The summed E-state index contributed by atoms with van der Waals surface area (Å²) >= 11 is 0. The Morgan fingerprint density at radius 1 is 1.28 bits per heavy atom. The SMILES string of the molecule is CC(C)c1nc(NC(=O)CCn2ncc(=O)c3ccccc32)n(C)n1. The molecule has 0 spiro atoms. The number of fused-ring (bicyclic) bond motifs is 1. The first-order valence-electron chi connectivity index (χ1n) is 8.11. The smallest absolute Gasteiger partial charge is 0.228 e. The summed E-state index contributed by atoms with van der Waals surface area (Å²) in [6.07, 6.45) is 1.49. The van der Waals surface area contributed by atoms with Crippen LogP contribution in [0.4, 0.5) is 5.95 Å². The van der Waals surface area contributed by atoms with Gasteiger partial charge in [-0.3, -0.25) is 19.6 Å². The molecule has 2 aromatic heterocycles. The van der Waals surface area contributed by atoms with Gasteiger partial charge in [-0.05, 0) is 12.1 Å². The predicted molar refractivity (Wildman–Crippen MR) is 94.3 cm³/mol. The van der Waals surface area contributed by atoms with Crippen LogP contribution in [0.15, 0.2) is 35.3 Å². The molecule has 0 aliphatic heterocycles. The van der Waals surface area contributed by atoms with Gasteiger partial charge in [-0.2, -0.15) is 15.2 Å². The molecule has 0 atom stereocenters. The van der Waals surface area contributed by atoms with Gasteiger partial charge in [0.25, 0.3) is 0 Å². The number of carbonyl (C=O) groups is 1. The van der Waals surface area contributed by atoms with Crippen LogP contribution >= 0.6 is 0 Å². The van der Waals surface area contributed by atoms with Gasteiger partial charge in [0.05, 0.1) is 18.3 Å². The third kappa shape index (κ3) is 3.57. The van der Waals surface area contributed by atoms with Gasteiger partial charge in [-0.1, -0.05) is 26.0 Å². The minimum atomic E-state index is -0.185. The Kier molecular flexibility index (Phi) is 4.60. The summed E-state index contributed by atoms with van der Waals surface area (Å²) in [5.74, 6) is 1.11. The average molecular weight is 340 g/mol. The van der Waals surface area contributed by atoms with Crippen LogP contribution in [0.3, 0.4) is 0 Å². The van der Waals surface area contributed by atoms with Crippen molar-refractivity contribution in [2.24, 2.45) is 7.05 Å². The van der Waals surface area contributed by atoms with Gasteiger partial charge in [0.1, 0.15) is 0 Å². The lowest BCUT2D eigenvalue weighted by atomic mass is 10.2. The largest absolute Gasteiger partial charge is 0.295 e. The van der Waals surface area contributed by atoms with E-state index >= 15 is 0 Å². The van der Waals surface area contributed by atoms with E-state index < -0.39 is 0 Å². The van der Waals surface area contributed by atoms with Crippen molar-refractivity contribution in [1.82, 2.24) is 24.5 Å². The molecule has 0 unspecified atom stereocenters. The number of nitrogens with one attached hydrogen (secondary N) is 1. The highest BCUT2D eigenvalue weighted by molar-refractivity contribution is 5.89. The summed E-state index contributed by atoms with van der Waals surface area (Å²) in [6, 6.07) is 7.22. The Morgan fingerprint density at radius 3 is 2.76 bits per heavy atom. The third-order valence-electron chi connectivity index (χ3n) is 3.86. The maximum atomic E-state index is 12.2. The standard InChI is InChI=1S/C17H20N6O2/c1-11(2)16-20-17(22(3)21-16)19-15(25)8-9-23-13-7-5-4-6-12(13)14(24)10-18-23/h4-7,10-11H,8-9H2,1-3H3,(H,19,20,21,25). The van der Waals surface area contributed by atoms with E-state index in [9.17, 15) is 9.59 Å². The fourth-order valence-corrected chi connectivity index (χ4v) is 2.49. The van der Waals surface area contributed by atoms with Crippen molar-refractivity contribution in [2.45, 2.75) is 32.7 Å². The van der Waals surface area contributed by atoms with E-state index in [1.165, 1.54) is 6.20 Å². The third-order valence-corrected chi connectivity index (χ3v) is 3.86. The van der Waals surface area contributed by atoms with Crippen LogP contribution in [-0.2, 0) is 18.4 Å². The van der Waals surface area contributed by atoms with Gasteiger partial charge in [0.15, 0.2) is 5.82 Å². The maximum absolute atomic E-state index is 12.2. The highest BCUT2D eigenvalue weighted by Gasteiger charge is 2.13. The van der Waals surface area contributed by atoms with Gasteiger partial charge in [-0.25, -0.2) is 4.68 Å². The molecule has 2 heterocycles. The molecule has 1 aromatic carbocycles. The molecule has 0 radical (unpaired) electrons. The van der Waals surface area contributed by atoms with Gasteiger partial charge < -0.3 is 0 Å². The van der Waals surface area contributed by atoms with Crippen molar-refractivity contribution in [3.63, 3.8) is 0 Å². The van der Waals surface area contributed by atoms with Gasteiger partial charge in [-0.15, -0.1) is 0 Å². The Morgan fingerprint density at radius 2 is 2.04 bits per heavy atom. The van der Waals surface area contributed by atoms with Crippen molar-refractivity contribution in [2.75, 3.05) is 5.32 Å². The lowest BCUT2D eigenvalue weighted by Crippen LogP contribution is -2.19. The van der Waals surface area contributed by atoms with Crippen LogP contribution in [0.25, 0.3) is 10.9 Å². The first-order chi connectivity index (χ1) is 12.0. The molecule has 1 N–H and O–H groups in total. The minimum Gasteiger partial charge on any atom is -0.295 e. The topological polar surface area (TPSA) is 94.7 Å². The zero-order chi connectivity index (χ0) is 18.0. The number of rotatable bonds is 5. The lowest BCUT2D eigenvalue weighted by Gasteiger charge is -2.09. The zero-order valence-corrected chi connectivity index (χ0v) is 14.4. The van der Waals surface area contributed by atoms with Crippen LogP contribution in [0.2, 0.25) is 0 Å². The van der Waals surface area contributed by atoms with Gasteiger partial charge in [0.2, 0.25) is 17.3 Å². The summed E-state index contributed by atoms with van der Waals surface area (Å²) < 4.78 is 3.22. The first kappa shape index (κ1) is 16.8. The van der Waals surface area contributed by atoms with Crippen molar-refractivity contribution >= 4 is 22.8 Å². The number of carbonyl (C=O) groups excluding carboxylic acids is 1. The second-order valence-electron chi connectivity index (χ2n) is 6.12. The van der Waals surface area contributed by atoms with Crippen LogP contribution in [-0.4, -0.2) is 30.5 Å². The van der Waals surface area contributed by atoms with E-state index in [4.69, 9.17) is 0 Å². The molecule has 3 rings (SSSR count). The molecule has 0 fully saturated rings. The molecule has 0 saturated heterocycles. The summed E-state index contributed by atoms with van der Waals surface area (Å²) in [4.78, 5) is 28.4.